The first-order chi connectivity index (χ1) is 16.0. The van der Waals surface area contributed by atoms with Crippen molar-refractivity contribution < 1.29 is 14.7 Å². The summed E-state index contributed by atoms with van der Waals surface area (Å²) >= 11 is 6.22. The molecule has 1 saturated carbocycles. The van der Waals surface area contributed by atoms with Gasteiger partial charge in [-0.15, -0.1) is 0 Å². The molecule has 1 aliphatic heterocycles. The third-order valence-corrected chi connectivity index (χ3v) is 6.78. The lowest BCUT2D eigenvalue weighted by Crippen LogP contribution is -2.32. The highest BCUT2D eigenvalue weighted by molar-refractivity contribution is 6.31. The van der Waals surface area contributed by atoms with E-state index in [1.54, 1.807) is 35.5 Å². The van der Waals surface area contributed by atoms with Crippen molar-refractivity contribution in [2.75, 3.05) is 4.90 Å². The number of imidazole rings is 1. The lowest BCUT2D eigenvalue weighted by Gasteiger charge is -2.19. The zero-order chi connectivity index (χ0) is 22.7. The molecule has 2 aliphatic rings. The molecule has 1 spiro atoms. The molecule has 1 N–H and O–H groups in total. The predicted molar refractivity (Wildman–Crippen MR) is 124 cm³/mol. The Bertz CT molecular complexity index is 1440. The standard InChI is InChI=1S/C25H19ClN4O3/c26-16-3-6-20-19(12-16)28-22(30(20)17-4-1-15(2-5-17)11-23(31)32)14-29-21-13-27-10-7-18(21)25(8-9-25)24(29)33/h1-7,10,12-13H,8-9,11,14H2,(H,31,32). The van der Waals surface area contributed by atoms with Crippen molar-refractivity contribution in [3.05, 3.63) is 82.9 Å². The van der Waals surface area contributed by atoms with Crippen molar-refractivity contribution >= 4 is 40.2 Å². The second kappa shape index (κ2) is 7.15. The number of hydrogen-bond acceptors (Lipinski definition) is 4. The normalized spacial score (nSPS) is 15.9. The van der Waals surface area contributed by atoms with Crippen LogP contribution >= 0.6 is 11.6 Å². The maximum atomic E-state index is 13.4. The molecule has 0 atom stereocenters. The molecular weight excluding hydrogens is 440 g/mol. The number of carboxylic acids is 1. The van der Waals surface area contributed by atoms with Crippen molar-refractivity contribution in [1.29, 1.82) is 0 Å². The number of benzene rings is 2. The van der Waals surface area contributed by atoms with E-state index in [2.05, 4.69) is 4.98 Å². The molecule has 8 heteroatoms. The molecule has 6 rings (SSSR count). The molecule has 0 radical (unpaired) electrons. The van der Waals surface area contributed by atoms with Crippen molar-refractivity contribution in [2.45, 2.75) is 31.2 Å². The van der Waals surface area contributed by atoms with E-state index >= 15 is 0 Å². The fraction of sp³-hybridized carbons (Fsp3) is 0.200. The molecule has 0 saturated heterocycles. The highest BCUT2D eigenvalue weighted by atomic mass is 35.5. The lowest BCUT2D eigenvalue weighted by atomic mass is 9.99. The second-order valence-corrected chi connectivity index (χ2v) is 9.04. The Morgan fingerprint density at radius 2 is 1.91 bits per heavy atom. The smallest absolute Gasteiger partial charge is 0.307 e. The third kappa shape index (κ3) is 3.11. The zero-order valence-electron chi connectivity index (χ0n) is 17.5. The van der Waals surface area contributed by atoms with Gasteiger partial charge >= 0.3 is 5.97 Å². The lowest BCUT2D eigenvalue weighted by molar-refractivity contribution is -0.136. The number of halogens is 1. The minimum atomic E-state index is -0.875. The molecule has 2 aromatic heterocycles. The molecule has 0 bridgehead atoms. The Morgan fingerprint density at radius 3 is 2.64 bits per heavy atom. The molecule has 164 valence electrons. The minimum absolute atomic E-state index is 0.0401. The number of carboxylic acid groups (broad SMARTS) is 1. The molecule has 2 aromatic carbocycles. The van der Waals surface area contributed by atoms with E-state index in [0.717, 1.165) is 40.8 Å². The van der Waals surface area contributed by atoms with Gasteiger partial charge in [-0.1, -0.05) is 23.7 Å². The average molecular weight is 459 g/mol. The summed E-state index contributed by atoms with van der Waals surface area (Å²) < 4.78 is 2.00. The summed E-state index contributed by atoms with van der Waals surface area (Å²) in [6, 6.07) is 14.8. The summed E-state index contributed by atoms with van der Waals surface area (Å²) in [5.41, 5.74) is 4.62. The Morgan fingerprint density at radius 1 is 1.12 bits per heavy atom. The summed E-state index contributed by atoms with van der Waals surface area (Å²) in [4.78, 5) is 35.3. The minimum Gasteiger partial charge on any atom is -0.481 e. The highest BCUT2D eigenvalue weighted by Gasteiger charge is 2.59. The molecule has 4 aromatic rings. The van der Waals surface area contributed by atoms with Gasteiger partial charge < -0.3 is 10.0 Å². The van der Waals surface area contributed by atoms with Crippen molar-refractivity contribution in [3.63, 3.8) is 0 Å². The highest BCUT2D eigenvalue weighted by Crippen LogP contribution is 2.57. The van der Waals surface area contributed by atoms with Crippen LogP contribution in [0.4, 0.5) is 5.69 Å². The van der Waals surface area contributed by atoms with Gasteiger partial charge in [0, 0.05) is 16.9 Å². The van der Waals surface area contributed by atoms with Crippen molar-refractivity contribution in [3.8, 4) is 5.69 Å². The van der Waals surface area contributed by atoms with Gasteiger partial charge in [-0.25, -0.2) is 4.98 Å². The SMILES string of the molecule is O=C(O)Cc1ccc(-n2c(CN3C(=O)C4(CC4)c4ccncc43)nc3cc(Cl)ccc32)cc1. The van der Waals surface area contributed by atoms with Crippen LogP contribution < -0.4 is 4.90 Å². The first kappa shape index (κ1) is 19.9. The number of pyridine rings is 1. The Labute approximate surface area is 194 Å². The topological polar surface area (TPSA) is 88.3 Å². The Kier molecular flexibility index (Phi) is 4.32. The number of hydrogen-bond donors (Lipinski definition) is 1. The fourth-order valence-corrected chi connectivity index (χ4v) is 5.00. The van der Waals surface area contributed by atoms with Gasteiger partial charge in [0.25, 0.3) is 0 Å². The number of carbonyl (C=O) groups excluding carboxylic acids is 1. The van der Waals surface area contributed by atoms with E-state index in [9.17, 15) is 9.59 Å². The van der Waals surface area contributed by atoms with Crippen LogP contribution in [0.25, 0.3) is 16.7 Å². The van der Waals surface area contributed by atoms with E-state index in [0.29, 0.717) is 23.0 Å². The summed E-state index contributed by atoms with van der Waals surface area (Å²) in [5.74, 6) is -0.0852. The molecule has 3 heterocycles. The number of carbonyl (C=O) groups is 2. The van der Waals surface area contributed by atoms with Gasteiger partial charge in [0.1, 0.15) is 5.82 Å². The van der Waals surface area contributed by atoms with E-state index in [-0.39, 0.29) is 12.3 Å². The number of amides is 1. The van der Waals surface area contributed by atoms with Gasteiger partial charge in [-0.05, 0) is 60.4 Å². The number of rotatable bonds is 5. The van der Waals surface area contributed by atoms with Gasteiger partial charge in [-0.2, -0.15) is 0 Å². The van der Waals surface area contributed by atoms with Crippen LogP contribution in [-0.2, 0) is 28.0 Å². The van der Waals surface area contributed by atoms with E-state index < -0.39 is 11.4 Å². The second-order valence-electron chi connectivity index (χ2n) is 8.60. The number of nitrogens with zero attached hydrogens (tertiary/aromatic N) is 4. The first-order valence-corrected chi connectivity index (χ1v) is 11.1. The Hall–Kier alpha value is -3.71. The summed E-state index contributed by atoms with van der Waals surface area (Å²) in [6.07, 6.45) is 5.17. The molecule has 7 nitrogen and oxygen atoms in total. The number of aliphatic carboxylic acids is 1. The summed E-state index contributed by atoms with van der Waals surface area (Å²) in [7, 11) is 0. The van der Waals surface area contributed by atoms with Crippen LogP contribution in [-0.4, -0.2) is 31.5 Å². The van der Waals surface area contributed by atoms with Crippen molar-refractivity contribution in [1.82, 2.24) is 14.5 Å². The Balaban J connectivity index is 1.46. The number of aromatic nitrogens is 3. The maximum absolute atomic E-state index is 13.4. The molecule has 33 heavy (non-hydrogen) atoms. The van der Waals surface area contributed by atoms with Crippen LogP contribution in [0.1, 0.15) is 29.8 Å². The van der Waals surface area contributed by atoms with Gasteiger partial charge in [0.05, 0.1) is 41.3 Å². The quantitative estimate of drug-likeness (QED) is 0.482. The third-order valence-electron chi connectivity index (χ3n) is 6.55. The summed E-state index contributed by atoms with van der Waals surface area (Å²) in [5, 5.41) is 9.66. The largest absolute Gasteiger partial charge is 0.481 e. The molecular formula is C25H19ClN4O3. The van der Waals surface area contributed by atoms with Gasteiger partial charge in [0.2, 0.25) is 5.91 Å². The van der Waals surface area contributed by atoms with Crippen LogP contribution in [0.2, 0.25) is 5.02 Å². The van der Waals surface area contributed by atoms with Crippen LogP contribution in [0.5, 0.6) is 0 Å². The van der Waals surface area contributed by atoms with Gasteiger partial charge in [-0.3, -0.25) is 19.1 Å². The molecule has 1 amide bonds. The fourth-order valence-electron chi connectivity index (χ4n) is 4.83. The van der Waals surface area contributed by atoms with Crippen molar-refractivity contribution in [2.24, 2.45) is 0 Å². The molecule has 0 unspecified atom stereocenters. The van der Waals surface area contributed by atoms with E-state index in [1.807, 2.05) is 34.9 Å². The van der Waals surface area contributed by atoms with E-state index in [1.165, 1.54) is 0 Å². The molecule has 1 fully saturated rings. The van der Waals surface area contributed by atoms with Crippen LogP contribution in [0.3, 0.4) is 0 Å². The zero-order valence-corrected chi connectivity index (χ0v) is 18.3. The van der Waals surface area contributed by atoms with Crippen LogP contribution in [0, 0.1) is 0 Å². The van der Waals surface area contributed by atoms with Crippen LogP contribution in [0.15, 0.2) is 60.9 Å². The average Bonchev–Trinajstić information content (AvgIpc) is 3.48. The number of fused-ring (bicyclic) bond motifs is 3. The first-order valence-electron chi connectivity index (χ1n) is 10.7. The summed E-state index contributed by atoms with van der Waals surface area (Å²) in [6.45, 7) is 0.294. The number of anilines is 1. The monoisotopic (exact) mass is 458 g/mol. The predicted octanol–water partition coefficient (Wildman–Crippen LogP) is 4.28. The molecule has 1 aliphatic carbocycles. The van der Waals surface area contributed by atoms with Gasteiger partial charge in [0.15, 0.2) is 0 Å². The maximum Gasteiger partial charge on any atom is 0.307 e. The van der Waals surface area contributed by atoms with E-state index in [4.69, 9.17) is 21.7 Å².